The number of hydrogen-bond donors (Lipinski definition) is 0. The van der Waals surface area contributed by atoms with Crippen LogP contribution in [0, 0.1) is 0 Å². The van der Waals surface area contributed by atoms with Gasteiger partial charge in [-0.25, -0.2) is 0 Å². The zero-order valence-corrected chi connectivity index (χ0v) is 10.5. The molecule has 2 aromatic rings. The number of furan rings is 1. The molecule has 3 nitrogen and oxygen atoms in total. The second kappa shape index (κ2) is 4.84. The van der Waals surface area contributed by atoms with Gasteiger partial charge < -0.3 is 4.42 Å². The van der Waals surface area contributed by atoms with Crippen molar-refractivity contribution in [3.05, 3.63) is 48.4 Å². The van der Waals surface area contributed by atoms with E-state index in [9.17, 15) is 9.59 Å². The quantitative estimate of drug-likeness (QED) is 0.772. The number of rotatable bonds is 2. The Labute approximate surface area is 111 Å². The van der Waals surface area contributed by atoms with Gasteiger partial charge in [-0.3, -0.25) is 9.59 Å². The van der Waals surface area contributed by atoms with Crippen molar-refractivity contribution in [3.63, 3.8) is 0 Å². The Bertz CT molecular complexity index is 595. The van der Waals surface area contributed by atoms with E-state index in [1.807, 2.05) is 30.3 Å². The molecule has 1 aromatic heterocycles. The minimum absolute atomic E-state index is 0.000139. The molecule has 0 N–H and O–H groups in total. The van der Waals surface area contributed by atoms with Crippen molar-refractivity contribution in [2.24, 2.45) is 0 Å². The molecule has 19 heavy (non-hydrogen) atoms. The monoisotopic (exact) mass is 254 g/mol. The van der Waals surface area contributed by atoms with Crippen molar-refractivity contribution in [2.75, 3.05) is 0 Å². The molecule has 1 aliphatic carbocycles. The average molecular weight is 254 g/mol. The highest BCUT2D eigenvalue weighted by Crippen LogP contribution is 2.36. The van der Waals surface area contributed by atoms with E-state index < -0.39 is 0 Å². The molecule has 1 aromatic carbocycles. The fourth-order valence-electron chi connectivity index (χ4n) is 2.74. The summed E-state index contributed by atoms with van der Waals surface area (Å²) in [7, 11) is 0. The summed E-state index contributed by atoms with van der Waals surface area (Å²) in [5, 5.41) is 0. The van der Waals surface area contributed by atoms with Gasteiger partial charge in [-0.15, -0.1) is 0 Å². The lowest BCUT2D eigenvalue weighted by Gasteiger charge is -2.22. The van der Waals surface area contributed by atoms with Gasteiger partial charge in [0, 0.05) is 18.4 Å². The predicted octanol–water partition coefficient (Wildman–Crippen LogP) is 3.35. The summed E-state index contributed by atoms with van der Waals surface area (Å²) in [6, 6.07) is 9.80. The van der Waals surface area contributed by atoms with Crippen molar-refractivity contribution in [1.82, 2.24) is 0 Å². The minimum atomic E-state index is -0.000139. The number of carbonyl (C=O) groups is 2. The highest BCUT2D eigenvalue weighted by atomic mass is 16.3. The molecule has 0 spiro atoms. The largest absolute Gasteiger partial charge is 0.472 e. The fourth-order valence-corrected chi connectivity index (χ4v) is 2.74. The third-order valence-electron chi connectivity index (χ3n) is 3.58. The molecular formula is C16H14O3. The number of ketones is 2. The third kappa shape index (κ3) is 2.36. The highest BCUT2D eigenvalue weighted by molar-refractivity contribution is 6.02. The summed E-state index contributed by atoms with van der Waals surface area (Å²) in [5.41, 5.74) is 3.09. The van der Waals surface area contributed by atoms with Crippen LogP contribution in [0.2, 0.25) is 0 Å². The second-order valence-electron chi connectivity index (χ2n) is 4.96. The molecule has 0 amide bonds. The van der Waals surface area contributed by atoms with Crippen LogP contribution in [0.4, 0.5) is 0 Å². The Balaban J connectivity index is 2.01. The van der Waals surface area contributed by atoms with Crippen LogP contribution in [0.3, 0.4) is 0 Å². The molecule has 0 atom stereocenters. The average Bonchev–Trinajstić information content (AvgIpc) is 2.91. The van der Waals surface area contributed by atoms with E-state index in [1.54, 1.807) is 12.5 Å². The zero-order chi connectivity index (χ0) is 13.2. The van der Waals surface area contributed by atoms with Crippen LogP contribution >= 0.6 is 0 Å². The predicted molar refractivity (Wildman–Crippen MR) is 70.8 cm³/mol. The van der Waals surface area contributed by atoms with Crippen molar-refractivity contribution in [1.29, 1.82) is 0 Å². The SMILES string of the molecule is O=C1CC(=O)CC(c2ccccc2-c2ccoc2)C1. The Morgan fingerprint density at radius 2 is 1.74 bits per heavy atom. The molecule has 96 valence electrons. The van der Waals surface area contributed by atoms with Crippen molar-refractivity contribution < 1.29 is 14.0 Å². The van der Waals surface area contributed by atoms with Crippen molar-refractivity contribution in [3.8, 4) is 11.1 Å². The number of benzene rings is 1. The first-order valence-corrected chi connectivity index (χ1v) is 6.39. The topological polar surface area (TPSA) is 47.3 Å². The fraction of sp³-hybridized carbons (Fsp3) is 0.250. The molecular weight excluding hydrogens is 240 g/mol. The molecule has 0 aliphatic heterocycles. The first-order valence-electron chi connectivity index (χ1n) is 6.39. The van der Waals surface area contributed by atoms with Gasteiger partial charge in [-0.2, -0.15) is 0 Å². The van der Waals surface area contributed by atoms with Gasteiger partial charge in [0.2, 0.25) is 0 Å². The molecule has 0 saturated heterocycles. The van der Waals surface area contributed by atoms with E-state index in [-0.39, 0.29) is 23.9 Å². The molecule has 0 unspecified atom stereocenters. The zero-order valence-electron chi connectivity index (χ0n) is 10.5. The Morgan fingerprint density at radius 1 is 1.00 bits per heavy atom. The van der Waals surface area contributed by atoms with Crippen molar-refractivity contribution >= 4 is 11.6 Å². The van der Waals surface area contributed by atoms with Gasteiger partial charge in [0.1, 0.15) is 11.6 Å². The summed E-state index contributed by atoms with van der Waals surface area (Å²) in [6.07, 6.45) is 4.33. The maximum absolute atomic E-state index is 11.6. The first-order chi connectivity index (χ1) is 9.24. The van der Waals surface area contributed by atoms with E-state index in [1.165, 1.54) is 0 Å². The molecule has 1 heterocycles. The summed E-state index contributed by atoms with van der Waals surface area (Å²) >= 11 is 0. The lowest BCUT2D eigenvalue weighted by Crippen LogP contribution is -2.21. The summed E-state index contributed by atoms with van der Waals surface area (Å²) in [4.78, 5) is 23.2. The molecule has 1 aliphatic rings. The van der Waals surface area contributed by atoms with Crippen LogP contribution in [0.25, 0.3) is 11.1 Å². The summed E-state index contributed by atoms with van der Waals surface area (Å²) in [6.45, 7) is 0. The van der Waals surface area contributed by atoms with Crippen LogP contribution < -0.4 is 0 Å². The van der Waals surface area contributed by atoms with Gasteiger partial charge in [0.25, 0.3) is 0 Å². The van der Waals surface area contributed by atoms with Crippen LogP contribution in [0.15, 0.2) is 47.3 Å². The van der Waals surface area contributed by atoms with E-state index in [2.05, 4.69) is 0 Å². The number of hydrogen-bond acceptors (Lipinski definition) is 3. The van der Waals surface area contributed by atoms with Gasteiger partial charge in [-0.05, 0) is 23.1 Å². The molecule has 3 heteroatoms. The lowest BCUT2D eigenvalue weighted by atomic mass is 9.80. The van der Waals surface area contributed by atoms with Crippen LogP contribution in [-0.4, -0.2) is 11.6 Å². The normalized spacial score (nSPS) is 16.8. The maximum Gasteiger partial charge on any atom is 0.140 e. The van der Waals surface area contributed by atoms with Crippen LogP contribution in [-0.2, 0) is 9.59 Å². The molecule has 1 fully saturated rings. The third-order valence-corrected chi connectivity index (χ3v) is 3.58. The number of Topliss-reactive ketones (excluding diaryl/α,β-unsaturated/α-hetero) is 2. The maximum atomic E-state index is 11.6. The number of carbonyl (C=O) groups excluding carboxylic acids is 2. The van der Waals surface area contributed by atoms with Gasteiger partial charge in [0.15, 0.2) is 0 Å². The minimum Gasteiger partial charge on any atom is -0.472 e. The smallest absolute Gasteiger partial charge is 0.140 e. The Hall–Kier alpha value is -2.16. The molecule has 1 saturated carbocycles. The van der Waals surface area contributed by atoms with Crippen molar-refractivity contribution in [2.45, 2.75) is 25.2 Å². The highest BCUT2D eigenvalue weighted by Gasteiger charge is 2.28. The van der Waals surface area contributed by atoms with E-state index in [4.69, 9.17) is 4.42 Å². The molecule has 3 rings (SSSR count). The standard InChI is InChI=1S/C16H14O3/c17-13-7-12(8-14(18)9-13)16-4-2-1-3-15(16)11-5-6-19-10-11/h1-6,10,12H,7-9H2. The van der Waals surface area contributed by atoms with Crippen LogP contribution in [0.1, 0.15) is 30.7 Å². The molecule has 0 radical (unpaired) electrons. The van der Waals surface area contributed by atoms with Gasteiger partial charge >= 0.3 is 0 Å². The van der Waals surface area contributed by atoms with E-state index in [0.29, 0.717) is 12.8 Å². The van der Waals surface area contributed by atoms with E-state index >= 15 is 0 Å². The lowest BCUT2D eigenvalue weighted by molar-refractivity contribution is -0.130. The molecule has 0 bridgehead atoms. The van der Waals surface area contributed by atoms with Crippen LogP contribution in [0.5, 0.6) is 0 Å². The second-order valence-corrected chi connectivity index (χ2v) is 4.96. The van der Waals surface area contributed by atoms with Gasteiger partial charge in [-0.1, -0.05) is 24.3 Å². The summed E-state index contributed by atoms with van der Waals surface area (Å²) in [5.74, 6) is 0.0892. The Morgan fingerprint density at radius 3 is 2.42 bits per heavy atom. The Kier molecular flexibility index (Phi) is 3.03. The van der Waals surface area contributed by atoms with Gasteiger partial charge in [0.05, 0.1) is 18.9 Å². The first kappa shape index (κ1) is 11.9. The van der Waals surface area contributed by atoms with E-state index in [0.717, 1.165) is 16.7 Å². The summed E-state index contributed by atoms with van der Waals surface area (Å²) < 4.78 is 5.12.